The third kappa shape index (κ3) is 6.55. The molecule has 2 N–H and O–H groups in total. The maximum Gasteiger partial charge on any atom is 0.191 e. The van der Waals surface area contributed by atoms with Gasteiger partial charge in [0.2, 0.25) is 0 Å². The molecule has 7 heteroatoms. The van der Waals surface area contributed by atoms with Crippen molar-refractivity contribution < 1.29 is 4.74 Å². The van der Waals surface area contributed by atoms with E-state index >= 15 is 0 Å². The highest BCUT2D eigenvalue weighted by atomic mass is 35.5. The van der Waals surface area contributed by atoms with Crippen molar-refractivity contribution in [3.63, 3.8) is 0 Å². The van der Waals surface area contributed by atoms with Crippen LogP contribution in [0.5, 0.6) is 0 Å². The lowest BCUT2D eigenvalue weighted by Crippen LogP contribution is -2.47. The van der Waals surface area contributed by atoms with E-state index in [-0.39, 0.29) is 0 Å². The number of rotatable bonds is 7. The summed E-state index contributed by atoms with van der Waals surface area (Å²) in [6.07, 6.45) is 3.76. The van der Waals surface area contributed by atoms with Crippen LogP contribution in [-0.2, 0) is 4.74 Å². The van der Waals surface area contributed by atoms with Crippen molar-refractivity contribution in [1.29, 1.82) is 0 Å². The van der Waals surface area contributed by atoms with Gasteiger partial charge >= 0.3 is 0 Å². The van der Waals surface area contributed by atoms with Gasteiger partial charge in [0.15, 0.2) is 5.96 Å². The van der Waals surface area contributed by atoms with Crippen molar-refractivity contribution in [2.45, 2.75) is 25.4 Å². The molecule has 1 aromatic carbocycles. The van der Waals surface area contributed by atoms with Crippen LogP contribution in [0.1, 0.15) is 19.3 Å². The predicted octanol–water partition coefficient (Wildman–Crippen LogP) is 2.20. The fourth-order valence-corrected chi connectivity index (χ4v) is 3.83. The van der Waals surface area contributed by atoms with Crippen LogP contribution in [0, 0.1) is 0 Å². The molecular weight excluding hydrogens is 362 g/mol. The molecule has 1 atom stereocenters. The topological polar surface area (TPSA) is 52.1 Å². The SMILES string of the molecule is CN=C(NCCCN1CCN(c2cccc(Cl)c2)CC1)NCC1CCCO1. The number of anilines is 1. The molecule has 6 nitrogen and oxygen atoms in total. The first-order valence-corrected chi connectivity index (χ1v) is 10.4. The van der Waals surface area contributed by atoms with Crippen LogP contribution in [0.15, 0.2) is 29.3 Å². The molecule has 0 radical (unpaired) electrons. The van der Waals surface area contributed by atoms with Crippen LogP contribution in [0.25, 0.3) is 0 Å². The Labute approximate surface area is 167 Å². The molecule has 27 heavy (non-hydrogen) atoms. The lowest BCUT2D eigenvalue weighted by molar-refractivity contribution is 0.114. The van der Waals surface area contributed by atoms with Crippen LogP contribution >= 0.6 is 11.6 Å². The summed E-state index contributed by atoms with van der Waals surface area (Å²) in [4.78, 5) is 9.24. The summed E-state index contributed by atoms with van der Waals surface area (Å²) >= 11 is 6.11. The molecule has 2 aliphatic heterocycles. The van der Waals surface area contributed by atoms with Crippen molar-refractivity contribution in [2.24, 2.45) is 4.99 Å². The van der Waals surface area contributed by atoms with Crippen molar-refractivity contribution in [3.05, 3.63) is 29.3 Å². The Morgan fingerprint density at radius 2 is 2.11 bits per heavy atom. The molecule has 2 heterocycles. The van der Waals surface area contributed by atoms with E-state index in [0.29, 0.717) is 6.10 Å². The summed E-state index contributed by atoms with van der Waals surface area (Å²) < 4.78 is 5.64. The van der Waals surface area contributed by atoms with Gasteiger partial charge < -0.3 is 20.3 Å². The Hall–Kier alpha value is -1.50. The van der Waals surface area contributed by atoms with Gasteiger partial charge in [-0.3, -0.25) is 9.89 Å². The smallest absolute Gasteiger partial charge is 0.191 e. The minimum atomic E-state index is 0.333. The normalized spacial score (nSPS) is 21.5. The van der Waals surface area contributed by atoms with Crippen LogP contribution < -0.4 is 15.5 Å². The Morgan fingerprint density at radius 1 is 1.26 bits per heavy atom. The van der Waals surface area contributed by atoms with Gasteiger partial charge in [-0.2, -0.15) is 0 Å². The van der Waals surface area contributed by atoms with Crippen LogP contribution in [0.4, 0.5) is 5.69 Å². The molecule has 3 rings (SSSR count). The number of halogens is 1. The average molecular weight is 394 g/mol. The largest absolute Gasteiger partial charge is 0.376 e. The number of hydrogen-bond donors (Lipinski definition) is 2. The Kier molecular flexibility index (Phi) is 8.05. The highest BCUT2D eigenvalue weighted by Gasteiger charge is 2.17. The zero-order valence-corrected chi connectivity index (χ0v) is 17.0. The van der Waals surface area contributed by atoms with E-state index in [1.807, 2.05) is 19.2 Å². The first kappa shape index (κ1) is 20.2. The summed E-state index contributed by atoms with van der Waals surface area (Å²) in [6, 6.07) is 8.14. The molecule has 0 bridgehead atoms. The van der Waals surface area contributed by atoms with E-state index in [9.17, 15) is 0 Å². The molecule has 150 valence electrons. The molecule has 1 aromatic rings. The van der Waals surface area contributed by atoms with Crippen LogP contribution in [0.2, 0.25) is 5.02 Å². The molecule has 0 spiro atoms. The Balaban J connectivity index is 1.28. The van der Waals surface area contributed by atoms with Gasteiger partial charge in [0.1, 0.15) is 0 Å². The summed E-state index contributed by atoms with van der Waals surface area (Å²) in [5.74, 6) is 0.872. The van der Waals surface area contributed by atoms with Gasteiger partial charge in [0, 0.05) is 63.6 Å². The molecule has 0 saturated carbocycles. The molecule has 2 saturated heterocycles. The fourth-order valence-electron chi connectivity index (χ4n) is 3.65. The van der Waals surface area contributed by atoms with E-state index in [1.54, 1.807) is 0 Å². The first-order valence-electron chi connectivity index (χ1n) is 10.0. The predicted molar refractivity (Wildman–Crippen MR) is 113 cm³/mol. The minimum absolute atomic E-state index is 0.333. The van der Waals surface area contributed by atoms with Crippen LogP contribution in [-0.4, -0.2) is 76.4 Å². The Morgan fingerprint density at radius 3 is 2.81 bits per heavy atom. The summed E-state index contributed by atoms with van der Waals surface area (Å²) in [6.45, 7) is 8.07. The van der Waals surface area contributed by atoms with Gasteiger partial charge in [-0.05, 0) is 44.0 Å². The zero-order valence-electron chi connectivity index (χ0n) is 16.3. The number of nitrogens with zero attached hydrogens (tertiary/aromatic N) is 3. The van der Waals surface area contributed by atoms with Gasteiger partial charge in [-0.1, -0.05) is 17.7 Å². The maximum absolute atomic E-state index is 6.11. The third-order valence-electron chi connectivity index (χ3n) is 5.23. The lowest BCUT2D eigenvalue weighted by Gasteiger charge is -2.36. The summed E-state index contributed by atoms with van der Waals surface area (Å²) in [7, 11) is 1.82. The van der Waals surface area contributed by atoms with Gasteiger partial charge in [-0.15, -0.1) is 0 Å². The second-order valence-corrected chi connectivity index (χ2v) is 7.61. The number of ether oxygens (including phenoxy) is 1. The molecule has 2 aliphatic rings. The highest BCUT2D eigenvalue weighted by molar-refractivity contribution is 6.30. The standard InChI is InChI=1S/C20H32ClN5O/c1-22-20(24-16-19-7-3-14-27-19)23-8-4-9-25-10-12-26(13-11-25)18-6-2-5-17(21)15-18/h2,5-6,15,19H,3-4,7-14,16H2,1H3,(H2,22,23,24). The molecule has 2 fully saturated rings. The van der Waals surface area contributed by atoms with Crippen molar-refractivity contribution in [1.82, 2.24) is 15.5 Å². The molecular formula is C20H32ClN5O. The van der Waals surface area contributed by atoms with Crippen LogP contribution in [0.3, 0.4) is 0 Å². The number of piperazine rings is 1. The van der Waals surface area contributed by atoms with E-state index in [1.165, 1.54) is 12.1 Å². The summed E-state index contributed by atoms with van der Waals surface area (Å²) in [5, 5.41) is 7.57. The summed E-state index contributed by atoms with van der Waals surface area (Å²) in [5.41, 5.74) is 1.23. The number of hydrogen-bond acceptors (Lipinski definition) is 4. The van der Waals surface area contributed by atoms with Crippen molar-refractivity contribution in [3.8, 4) is 0 Å². The van der Waals surface area contributed by atoms with Gasteiger partial charge in [0.05, 0.1) is 6.10 Å². The third-order valence-corrected chi connectivity index (χ3v) is 5.47. The molecule has 0 aromatic heterocycles. The van der Waals surface area contributed by atoms with Crippen molar-refractivity contribution >= 4 is 23.2 Å². The number of aliphatic imine (C=N–C) groups is 1. The van der Waals surface area contributed by atoms with Crippen molar-refractivity contribution in [2.75, 3.05) is 64.4 Å². The quantitative estimate of drug-likeness (QED) is 0.422. The van der Waals surface area contributed by atoms with Gasteiger partial charge in [0.25, 0.3) is 0 Å². The van der Waals surface area contributed by atoms with E-state index in [0.717, 1.165) is 76.2 Å². The highest BCUT2D eigenvalue weighted by Crippen LogP contribution is 2.20. The second-order valence-electron chi connectivity index (χ2n) is 7.18. The average Bonchev–Trinajstić information content (AvgIpc) is 3.21. The molecule has 0 aliphatic carbocycles. The van der Waals surface area contributed by atoms with E-state index in [2.05, 4.69) is 37.6 Å². The zero-order chi connectivity index (χ0) is 18.9. The monoisotopic (exact) mass is 393 g/mol. The fraction of sp³-hybridized carbons (Fsp3) is 0.650. The Bertz CT molecular complexity index is 598. The number of guanidine groups is 1. The van der Waals surface area contributed by atoms with E-state index < -0.39 is 0 Å². The number of benzene rings is 1. The molecule has 1 unspecified atom stereocenters. The number of nitrogens with one attached hydrogen (secondary N) is 2. The molecule has 0 amide bonds. The first-order chi connectivity index (χ1) is 13.2. The minimum Gasteiger partial charge on any atom is -0.376 e. The van der Waals surface area contributed by atoms with E-state index in [4.69, 9.17) is 16.3 Å². The van der Waals surface area contributed by atoms with Gasteiger partial charge in [-0.25, -0.2) is 0 Å². The maximum atomic E-state index is 6.11. The second kappa shape index (κ2) is 10.7. The lowest BCUT2D eigenvalue weighted by atomic mass is 10.2.